The summed E-state index contributed by atoms with van der Waals surface area (Å²) in [4.78, 5) is 28.5. The van der Waals surface area contributed by atoms with Crippen LogP contribution in [0.1, 0.15) is 29.0 Å². The second kappa shape index (κ2) is 12.4. The molecule has 0 bridgehead atoms. The van der Waals surface area contributed by atoms with Crippen molar-refractivity contribution in [2.75, 3.05) is 40.8 Å². The molecule has 4 N–H and O–H groups in total. The lowest BCUT2D eigenvalue weighted by molar-refractivity contribution is -0.139. The number of benzene rings is 2. The molecule has 0 spiro atoms. The van der Waals surface area contributed by atoms with Gasteiger partial charge >= 0.3 is 0 Å². The molecular weight excluding hydrogens is 536 g/mol. The van der Waals surface area contributed by atoms with E-state index in [4.69, 9.17) is 23.7 Å². The molecule has 3 aliphatic rings. The first-order valence-electron chi connectivity index (χ1n) is 13.3. The molecule has 0 unspecified atom stereocenters. The maximum Gasteiger partial charge on any atom is 0.247 e. The van der Waals surface area contributed by atoms with Crippen LogP contribution >= 0.6 is 0 Å². The third kappa shape index (κ3) is 5.55. The minimum Gasteiger partial charge on any atom is -0.493 e. The highest BCUT2D eigenvalue weighted by Gasteiger charge is 2.51. The number of amides is 2. The number of fused-ring (bicyclic) bond motifs is 4. The Balaban J connectivity index is 1.57. The molecule has 5 rings (SSSR count). The first-order chi connectivity index (χ1) is 19.9. The Morgan fingerprint density at radius 3 is 2.63 bits per heavy atom. The van der Waals surface area contributed by atoms with E-state index >= 15 is 0 Å². The molecule has 2 aromatic rings. The summed E-state index contributed by atoms with van der Waals surface area (Å²) in [6, 6.07) is 7.75. The number of rotatable bonds is 11. The van der Waals surface area contributed by atoms with Crippen LogP contribution in [0.4, 0.5) is 0 Å². The number of carbonyl (C=O) groups is 2. The van der Waals surface area contributed by atoms with Crippen LogP contribution in [-0.2, 0) is 27.5 Å². The zero-order valence-electron chi connectivity index (χ0n) is 22.9. The highest BCUT2D eigenvalue weighted by Crippen LogP contribution is 2.51. The van der Waals surface area contributed by atoms with Crippen molar-refractivity contribution in [2.24, 2.45) is 0 Å². The summed E-state index contributed by atoms with van der Waals surface area (Å²) in [5, 5.41) is 33.6. The van der Waals surface area contributed by atoms with E-state index in [2.05, 4.69) is 5.32 Å². The molecule has 12 nitrogen and oxygen atoms in total. The van der Waals surface area contributed by atoms with Crippen LogP contribution in [0, 0.1) is 0 Å². The molecule has 0 fully saturated rings. The minimum atomic E-state index is -1.23. The number of aliphatic hydroxyl groups excluding tert-OH is 3. The molecule has 0 radical (unpaired) electrons. The van der Waals surface area contributed by atoms with Crippen LogP contribution in [0.3, 0.4) is 0 Å². The largest absolute Gasteiger partial charge is 0.493 e. The van der Waals surface area contributed by atoms with Gasteiger partial charge in [-0.05, 0) is 41.5 Å². The van der Waals surface area contributed by atoms with Crippen molar-refractivity contribution >= 4 is 11.8 Å². The van der Waals surface area contributed by atoms with Crippen LogP contribution in [0.15, 0.2) is 42.0 Å². The Hall–Kier alpha value is -3.84. The van der Waals surface area contributed by atoms with Crippen molar-refractivity contribution in [3.63, 3.8) is 0 Å². The third-order valence-corrected chi connectivity index (χ3v) is 7.49. The molecule has 2 heterocycles. The molecule has 2 aromatic carbocycles. The lowest BCUT2D eigenvalue weighted by Gasteiger charge is -2.40. The summed E-state index contributed by atoms with van der Waals surface area (Å²) in [7, 11) is 2.96. The summed E-state index contributed by atoms with van der Waals surface area (Å²) in [6.07, 6.45) is -0.531. The van der Waals surface area contributed by atoms with Gasteiger partial charge in [0.2, 0.25) is 18.6 Å². The summed E-state index contributed by atoms with van der Waals surface area (Å²) in [5.41, 5.74) is 2.13. The number of hydrogen-bond donors (Lipinski definition) is 4. The van der Waals surface area contributed by atoms with E-state index in [-0.39, 0.29) is 57.6 Å². The monoisotopic (exact) mass is 570 g/mol. The second-order valence-corrected chi connectivity index (χ2v) is 9.97. The van der Waals surface area contributed by atoms with Gasteiger partial charge in [-0.1, -0.05) is 6.07 Å². The predicted molar refractivity (Wildman–Crippen MR) is 144 cm³/mol. The lowest BCUT2D eigenvalue weighted by Crippen LogP contribution is -2.55. The fourth-order valence-electron chi connectivity index (χ4n) is 5.55. The average Bonchev–Trinajstić information content (AvgIpc) is 3.62. The van der Waals surface area contributed by atoms with Crippen LogP contribution in [0.5, 0.6) is 23.0 Å². The molecule has 220 valence electrons. The van der Waals surface area contributed by atoms with Crippen molar-refractivity contribution in [2.45, 2.75) is 43.7 Å². The SMILES string of the molecule is COCCC(=O)N(Cc1ccc2c(c1)OCO2)[C@@H]1C=C(C(=O)NCCO)[C@@H]2c3cc(CO)cc(OC)c3O[C@@H]2[C@H]1O. The van der Waals surface area contributed by atoms with Gasteiger partial charge in [-0.2, -0.15) is 0 Å². The second-order valence-electron chi connectivity index (χ2n) is 9.97. The van der Waals surface area contributed by atoms with Gasteiger partial charge in [0, 0.05) is 31.3 Å². The normalized spacial score (nSPS) is 21.8. The maximum absolute atomic E-state index is 13.6. The van der Waals surface area contributed by atoms with Crippen LogP contribution in [0.2, 0.25) is 0 Å². The molecular formula is C29H34N2O10. The Bertz CT molecular complexity index is 1330. The van der Waals surface area contributed by atoms with Crippen molar-refractivity contribution in [1.82, 2.24) is 10.2 Å². The molecule has 1 aliphatic carbocycles. The Morgan fingerprint density at radius 1 is 1.10 bits per heavy atom. The van der Waals surface area contributed by atoms with Crippen molar-refractivity contribution in [1.29, 1.82) is 0 Å². The highest BCUT2D eigenvalue weighted by molar-refractivity contribution is 5.96. The molecule has 0 saturated carbocycles. The number of nitrogens with zero attached hydrogens (tertiary/aromatic N) is 1. The number of hydrogen-bond acceptors (Lipinski definition) is 10. The van der Waals surface area contributed by atoms with E-state index in [1.807, 2.05) is 6.07 Å². The highest BCUT2D eigenvalue weighted by atomic mass is 16.7. The summed E-state index contributed by atoms with van der Waals surface area (Å²) in [6.45, 7) is -0.136. The zero-order chi connectivity index (χ0) is 29.1. The van der Waals surface area contributed by atoms with Gasteiger partial charge in [-0.25, -0.2) is 0 Å². The van der Waals surface area contributed by atoms with Crippen molar-refractivity contribution in [3.8, 4) is 23.0 Å². The van der Waals surface area contributed by atoms with Gasteiger partial charge < -0.3 is 49.2 Å². The first-order valence-corrected chi connectivity index (χ1v) is 13.3. The van der Waals surface area contributed by atoms with E-state index < -0.39 is 30.1 Å². The molecule has 0 saturated heterocycles. The van der Waals surface area contributed by atoms with E-state index in [0.29, 0.717) is 34.1 Å². The van der Waals surface area contributed by atoms with E-state index in [1.54, 1.807) is 30.3 Å². The molecule has 0 aromatic heterocycles. The summed E-state index contributed by atoms with van der Waals surface area (Å²) >= 11 is 0. The lowest BCUT2D eigenvalue weighted by atomic mass is 9.77. The fraction of sp³-hybridized carbons (Fsp3) is 0.448. The van der Waals surface area contributed by atoms with Crippen LogP contribution in [-0.4, -0.2) is 91.1 Å². The molecule has 2 aliphatic heterocycles. The molecule has 4 atom stereocenters. The van der Waals surface area contributed by atoms with Gasteiger partial charge in [0.15, 0.2) is 23.0 Å². The smallest absolute Gasteiger partial charge is 0.247 e. The zero-order valence-corrected chi connectivity index (χ0v) is 22.9. The third-order valence-electron chi connectivity index (χ3n) is 7.49. The summed E-state index contributed by atoms with van der Waals surface area (Å²) in [5.74, 6) is 0.384. The van der Waals surface area contributed by atoms with E-state index in [1.165, 1.54) is 19.1 Å². The van der Waals surface area contributed by atoms with Gasteiger partial charge in [0.05, 0.1) is 45.3 Å². The number of carbonyl (C=O) groups excluding carboxylic acids is 2. The van der Waals surface area contributed by atoms with Gasteiger partial charge in [-0.15, -0.1) is 0 Å². The Labute approximate surface area is 237 Å². The molecule has 12 heteroatoms. The standard InChI is InChI=1S/C29H34N2O10/c1-37-8-5-24(34)31(13-16-3-4-21-22(10-16)40-15-39-21)20-12-19(29(36)30-6-7-32)25-18-9-17(14-33)11-23(38-2)27(18)41-28(25)26(20)35/h3-4,9-12,20,25-26,28,32-33,35H,5-8,13-15H2,1-2H3,(H,30,36)/t20-,25+,26+,28+/m1/s1. The van der Waals surface area contributed by atoms with Crippen LogP contribution < -0.4 is 24.3 Å². The molecule has 2 amide bonds. The maximum atomic E-state index is 13.6. The summed E-state index contributed by atoms with van der Waals surface area (Å²) < 4.78 is 27.8. The fourth-order valence-corrected chi connectivity index (χ4v) is 5.55. The van der Waals surface area contributed by atoms with E-state index in [0.717, 1.165) is 5.56 Å². The van der Waals surface area contributed by atoms with E-state index in [9.17, 15) is 24.9 Å². The number of nitrogens with one attached hydrogen (secondary N) is 1. The van der Waals surface area contributed by atoms with Crippen LogP contribution in [0.25, 0.3) is 0 Å². The number of ether oxygens (including phenoxy) is 5. The quantitative estimate of drug-likeness (QED) is 0.302. The number of aliphatic hydroxyl groups is 3. The molecule has 41 heavy (non-hydrogen) atoms. The average molecular weight is 571 g/mol. The van der Waals surface area contributed by atoms with Gasteiger partial charge in [0.1, 0.15) is 12.2 Å². The minimum absolute atomic E-state index is 0.0160. The van der Waals surface area contributed by atoms with Gasteiger partial charge in [0.25, 0.3) is 0 Å². The first kappa shape index (κ1) is 28.7. The Kier molecular flexibility index (Phi) is 8.64. The topological polar surface area (TPSA) is 156 Å². The Morgan fingerprint density at radius 2 is 1.90 bits per heavy atom. The predicted octanol–water partition coefficient (Wildman–Crippen LogP) is 0.604. The number of methoxy groups -OCH3 is 2. The van der Waals surface area contributed by atoms with Gasteiger partial charge in [-0.3, -0.25) is 9.59 Å². The van der Waals surface area contributed by atoms with Crippen molar-refractivity contribution in [3.05, 3.63) is 58.7 Å². The van der Waals surface area contributed by atoms with Crippen molar-refractivity contribution < 1.29 is 48.6 Å².